The Bertz CT molecular complexity index is 380. The Hall–Kier alpha value is -0.920. The highest BCUT2D eigenvalue weighted by Crippen LogP contribution is 2.21. The van der Waals surface area contributed by atoms with Gasteiger partial charge in [-0.1, -0.05) is 0 Å². The molecule has 0 radical (unpaired) electrons. The number of aliphatic hydroxyl groups excluding tert-OH is 1. The third-order valence-corrected chi connectivity index (χ3v) is 3.20. The van der Waals surface area contributed by atoms with Gasteiger partial charge in [0.25, 0.3) is 5.91 Å². The van der Waals surface area contributed by atoms with Crippen molar-refractivity contribution >= 4 is 39.1 Å². The maximum absolute atomic E-state index is 11.4. The predicted molar refractivity (Wildman–Crippen MR) is 59.6 cm³/mol. The SMILES string of the molecule is NC(=O)C(O)CNC(=O)c1ccc(Br)s1. The number of carbonyl (C=O) groups is 2. The number of primary amides is 1. The fourth-order valence-electron chi connectivity index (χ4n) is 0.813. The Balaban J connectivity index is 2.47. The summed E-state index contributed by atoms with van der Waals surface area (Å²) >= 11 is 4.48. The lowest BCUT2D eigenvalue weighted by Gasteiger charge is -2.06. The van der Waals surface area contributed by atoms with Gasteiger partial charge in [0.05, 0.1) is 15.2 Å². The van der Waals surface area contributed by atoms with E-state index in [1.807, 2.05) is 0 Å². The zero-order valence-corrected chi connectivity index (χ0v) is 9.97. The van der Waals surface area contributed by atoms with Crippen molar-refractivity contribution in [2.75, 3.05) is 6.54 Å². The molecule has 0 aromatic carbocycles. The van der Waals surface area contributed by atoms with Gasteiger partial charge in [-0.05, 0) is 28.1 Å². The lowest BCUT2D eigenvalue weighted by Crippen LogP contribution is -2.39. The van der Waals surface area contributed by atoms with Crippen LogP contribution in [0.5, 0.6) is 0 Å². The Morgan fingerprint density at radius 3 is 2.73 bits per heavy atom. The highest BCUT2D eigenvalue weighted by molar-refractivity contribution is 9.11. The molecule has 7 heteroatoms. The maximum Gasteiger partial charge on any atom is 0.261 e. The first-order chi connectivity index (χ1) is 7.00. The molecule has 0 saturated carbocycles. The molecule has 1 unspecified atom stereocenters. The molecule has 1 aromatic heterocycles. The molecule has 0 bridgehead atoms. The van der Waals surface area contributed by atoms with E-state index in [0.29, 0.717) is 4.88 Å². The van der Waals surface area contributed by atoms with Gasteiger partial charge in [-0.3, -0.25) is 9.59 Å². The van der Waals surface area contributed by atoms with E-state index in [4.69, 9.17) is 10.8 Å². The van der Waals surface area contributed by atoms with Crippen molar-refractivity contribution in [3.8, 4) is 0 Å². The smallest absolute Gasteiger partial charge is 0.261 e. The third-order valence-electron chi connectivity index (χ3n) is 1.58. The lowest BCUT2D eigenvalue weighted by atomic mass is 10.3. The Morgan fingerprint density at radius 1 is 1.60 bits per heavy atom. The van der Waals surface area contributed by atoms with Crippen LogP contribution in [0.25, 0.3) is 0 Å². The number of hydrogen-bond acceptors (Lipinski definition) is 4. The minimum Gasteiger partial charge on any atom is -0.381 e. The normalized spacial score (nSPS) is 12.1. The van der Waals surface area contributed by atoms with Crippen LogP contribution < -0.4 is 11.1 Å². The Labute approximate surface area is 98.4 Å². The molecule has 1 rings (SSSR count). The lowest BCUT2D eigenvalue weighted by molar-refractivity contribution is -0.125. The van der Waals surface area contributed by atoms with Gasteiger partial charge in [0.15, 0.2) is 0 Å². The molecular formula is C8H9BrN2O3S. The molecule has 1 aromatic rings. The van der Waals surface area contributed by atoms with Crippen molar-refractivity contribution in [3.63, 3.8) is 0 Å². The van der Waals surface area contributed by atoms with Crippen molar-refractivity contribution in [2.45, 2.75) is 6.10 Å². The van der Waals surface area contributed by atoms with Crippen LogP contribution >= 0.6 is 27.3 Å². The van der Waals surface area contributed by atoms with Crippen LogP contribution in [-0.4, -0.2) is 29.6 Å². The van der Waals surface area contributed by atoms with E-state index in [9.17, 15) is 9.59 Å². The summed E-state index contributed by atoms with van der Waals surface area (Å²) in [6.07, 6.45) is -1.35. The summed E-state index contributed by atoms with van der Waals surface area (Å²) in [5.41, 5.74) is 4.82. The van der Waals surface area contributed by atoms with Crippen molar-refractivity contribution in [2.24, 2.45) is 5.73 Å². The summed E-state index contributed by atoms with van der Waals surface area (Å²) in [5.74, 6) is -1.20. The maximum atomic E-state index is 11.4. The third kappa shape index (κ3) is 3.61. The molecule has 0 spiro atoms. The first-order valence-corrected chi connectivity index (χ1v) is 5.62. The minimum atomic E-state index is -1.35. The Kier molecular flexibility index (Phi) is 4.25. The summed E-state index contributed by atoms with van der Waals surface area (Å²) in [6.45, 7) is -0.177. The zero-order chi connectivity index (χ0) is 11.4. The second-order valence-electron chi connectivity index (χ2n) is 2.73. The van der Waals surface area contributed by atoms with E-state index < -0.39 is 12.0 Å². The first kappa shape index (κ1) is 12.2. The molecule has 1 heterocycles. The van der Waals surface area contributed by atoms with Crippen molar-refractivity contribution in [1.29, 1.82) is 0 Å². The summed E-state index contributed by atoms with van der Waals surface area (Å²) < 4.78 is 0.836. The summed E-state index contributed by atoms with van der Waals surface area (Å²) in [7, 11) is 0. The van der Waals surface area contributed by atoms with Crippen LogP contribution in [0.4, 0.5) is 0 Å². The standard InChI is InChI=1S/C8H9BrN2O3S/c9-6-2-1-5(15-6)8(14)11-3-4(12)7(10)13/h1-2,4,12H,3H2,(H2,10,13)(H,11,14). The van der Waals surface area contributed by atoms with Gasteiger partial charge in [-0.25, -0.2) is 0 Å². The van der Waals surface area contributed by atoms with E-state index >= 15 is 0 Å². The van der Waals surface area contributed by atoms with Crippen molar-refractivity contribution < 1.29 is 14.7 Å². The fraction of sp³-hybridized carbons (Fsp3) is 0.250. The summed E-state index contributed by atoms with van der Waals surface area (Å²) in [5, 5.41) is 11.4. The van der Waals surface area contributed by atoms with E-state index in [0.717, 1.165) is 3.79 Å². The van der Waals surface area contributed by atoms with Gasteiger partial charge in [0, 0.05) is 0 Å². The van der Waals surface area contributed by atoms with Gasteiger partial charge in [0.1, 0.15) is 6.10 Å². The molecule has 0 saturated heterocycles. The molecule has 82 valence electrons. The first-order valence-electron chi connectivity index (χ1n) is 4.01. The zero-order valence-electron chi connectivity index (χ0n) is 7.57. The van der Waals surface area contributed by atoms with Gasteiger partial charge in [-0.15, -0.1) is 11.3 Å². The van der Waals surface area contributed by atoms with Crippen LogP contribution in [0.2, 0.25) is 0 Å². The largest absolute Gasteiger partial charge is 0.381 e. The Morgan fingerprint density at radius 2 is 2.27 bits per heavy atom. The second kappa shape index (κ2) is 5.24. The molecule has 4 N–H and O–H groups in total. The van der Waals surface area contributed by atoms with Gasteiger partial charge in [0.2, 0.25) is 5.91 Å². The highest BCUT2D eigenvalue weighted by Gasteiger charge is 2.13. The van der Waals surface area contributed by atoms with E-state index in [1.165, 1.54) is 11.3 Å². The molecule has 0 aliphatic heterocycles. The molecule has 2 amide bonds. The number of aliphatic hydroxyl groups is 1. The monoisotopic (exact) mass is 292 g/mol. The molecule has 0 fully saturated rings. The van der Waals surface area contributed by atoms with Crippen LogP contribution in [0.3, 0.4) is 0 Å². The quantitative estimate of drug-likeness (QED) is 0.734. The average Bonchev–Trinajstić information content (AvgIpc) is 2.60. The van der Waals surface area contributed by atoms with Crippen molar-refractivity contribution in [1.82, 2.24) is 5.32 Å². The molecular weight excluding hydrogens is 284 g/mol. The topological polar surface area (TPSA) is 92.4 Å². The van der Waals surface area contributed by atoms with Crippen LogP contribution in [0.1, 0.15) is 9.67 Å². The molecule has 5 nitrogen and oxygen atoms in total. The second-order valence-corrected chi connectivity index (χ2v) is 5.19. The van der Waals surface area contributed by atoms with Gasteiger partial charge >= 0.3 is 0 Å². The minimum absolute atomic E-state index is 0.177. The number of hydrogen-bond donors (Lipinski definition) is 3. The number of nitrogens with one attached hydrogen (secondary N) is 1. The number of thiophene rings is 1. The number of amides is 2. The number of halogens is 1. The van der Waals surface area contributed by atoms with Crippen molar-refractivity contribution in [3.05, 3.63) is 20.8 Å². The van der Waals surface area contributed by atoms with Crippen LogP contribution in [0, 0.1) is 0 Å². The average molecular weight is 293 g/mol. The molecule has 15 heavy (non-hydrogen) atoms. The fourth-order valence-corrected chi connectivity index (χ4v) is 2.12. The number of carbonyl (C=O) groups excluding carboxylic acids is 2. The van der Waals surface area contributed by atoms with E-state index in [1.54, 1.807) is 12.1 Å². The summed E-state index contributed by atoms with van der Waals surface area (Å²) in [4.78, 5) is 22.4. The van der Waals surface area contributed by atoms with E-state index in [-0.39, 0.29) is 12.5 Å². The predicted octanol–water partition coefficient (Wildman–Crippen LogP) is 0.0866. The van der Waals surface area contributed by atoms with Gasteiger partial charge in [-0.2, -0.15) is 0 Å². The molecule has 1 atom stereocenters. The van der Waals surface area contributed by atoms with E-state index in [2.05, 4.69) is 21.2 Å². The van der Waals surface area contributed by atoms with Gasteiger partial charge < -0.3 is 16.2 Å². The highest BCUT2D eigenvalue weighted by atomic mass is 79.9. The molecule has 0 aliphatic rings. The number of nitrogens with two attached hydrogens (primary N) is 1. The number of rotatable bonds is 4. The van der Waals surface area contributed by atoms with Crippen LogP contribution in [0.15, 0.2) is 15.9 Å². The molecule has 0 aliphatic carbocycles. The summed E-state index contributed by atoms with van der Waals surface area (Å²) in [6, 6.07) is 3.38. The van der Waals surface area contributed by atoms with Crippen LogP contribution in [-0.2, 0) is 4.79 Å².